The van der Waals surface area contributed by atoms with E-state index in [0.717, 1.165) is 0 Å². The average molecular weight is 324 g/mol. The third-order valence-corrected chi connectivity index (χ3v) is 3.71. The third-order valence-electron chi connectivity index (χ3n) is 3.71. The van der Waals surface area contributed by atoms with E-state index in [1.807, 2.05) is 12.2 Å². The van der Waals surface area contributed by atoms with Crippen LogP contribution in [0.1, 0.15) is 12.8 Å². The maximum Gasteiger partial charge on any atom is 0.230 e. The van der Waals surface area contributed by atoms with E-state index < -0.39 is 11.8 Å². The van der Waals surface area contributed by atoms with Gasteiger partial charge in [-0.2, -0.15) is 0 Å². The van der Waals surface area contributed by atoms with Crippen LogP contribution >= 0.6 is 0 Å². The van der Waals surface area contributed by atoms with Crippen LogP contribution in [0.3, 0.4) is 0 Å². The monoisotopic (exact) mass is 324 g/mol. The first-order valence-corrected chi connectivity index (χ1v) is 7.55. The fraction of sp³-hybridized carbons (Fsp3) is 0.250. The van der Waals surface area contributed by atoms with E-state index in [4.69, 9.17) is 0 Å². The molecule has 2 aromatic heterocycles. The predicted molar refractivity (Wildman–Crippen MR) is 86.7 cm³/mol. The summed E-state index contributed by atoms with van der Waals surface area (Å²) in [4.78, 5) is 40.9. The Bertz CT molecular complexity index is 671. The second-order valence-corrected chi connectivity index (χ2v) is 5.28. The summed E-state index contributed by atoms with van der Waals surface area (Å²) in [6.45, 7) is 0. The fourth-order valence-electron chi connectivity index (χ4n) is 2.53. The number of allylic oxidation sites excluding steroid dienone is 2. The zero-order valence-electron chi connectivity index (χ0n) is 12.8. The average Bonchev–Trinajstić information content (AvgIpc) is 2.63. The molecular formula is C16H16N6O2. The van der Waals surface area contributed by atoms with E-state index in [-0.39, 0.29) is 23.7 Å². The summed E-state index contributed by atoms with van der Waals surface area (Å²) in [5.74, 6) is -1.10. The van der Waals surface area contributed by atoms with Gasteiger partial charge in [0, 0.05) is 24.8 Å². The number of nitrogens with one attached hydrogen (secondary N) is 2. The van der Waals surface area contributed by atoms with Crippen molar-refractivity contribution < 1.29 is 9.59 Å². The van der Waals surface area contributed by atoms with Crippen LogP contribution in [0.5, 0.6) is 0 Å². The van der Waals surface area contributed by atoms with Crippen molar-refractivity contribution in [2.75, 3.05) is 10.6 Å². The molecule has 0 aromatic carbocycles. The molecule has 0 unspecified atom stereocenters. The quantitative estimate of drug-likeness (QED) is 0.823. The van der Waals surface area contributed by atoms with Crippen LogP contribution in [0.4, 0.5) is 11.9 Å². The van der Waals surface area contributed by atoms with Gasteiger partial charge in [-0.15, -0.1) is 0 Å². The maximum absolute atomic E-state index is 12.5. The molecule has 8 heteroatoms. The van der Waals surface area contributed by atoms with Crippen molar-refractivity contribution in [1.82, 2.24) is 19.9 Å². The Hall–Kier alpha value is -3.16. The number of nitrogens with zero attached hydrogens (tertiary/aromatic N) is 4. The summed E-state index contributed by atoms with van der Waals surface area (Å²) in [6, 6.07) is 3.32. The molecule has 0 radical (unpaired) electrons. The lowest BCUT2D eigenvalue weighted by Gasteiger charge is -2.26. The number of aromatic nitrogens is 4. The summed E-state index contributed by atoms with van der Waals surface area (Å²) in [6.07, 6.45) is 10.9. The van der Waals surface area contributed by atoms with Gasteiger partial charge in [0.2, 0.25) is 23.7 Å². The number of carbonyl (C=O) groups is 2. The Kier molecular flexibility index (Phi) is 4.85. The zero-order chi connectivity index (χ0) is 16.8. The van der Waals surface area contributed by atoms with Crippen LogP contribution in [-0.2, 0) is 9.59 Å². The summed E-state index contributed by atoms with van der Waals surface area (Å²) >= 11 is 0. The van der Waals surface area contributed by atoms with Crippen LogP contribution in [0.2, 0.25) is 0 Å². The lowest BCUT2D eigenvalue weighted by Crippen LogP contribution is -2.38. The summed E-state index contributed by atoms with van der Waals surface area (Å²) in [5.41, 5.74) is 0. The molecule has 0 spiro atoms. The number of anilines is 2. The topological polar surface area (TPSA) is 110 Å². The Labute approximate surface area is 138 Å². The van der Waals surface area contributed by atoms with E-state index in [1.165, 1.54) is 0 Å². The van der Waals surface area contributed by atoms with Gasteiger partial charge in [-0.05, 0) is 25.0 Å². The molecule has 0 fully saturated rings. The largest absolute Gasteiger partial charge is 0.294 e. The van der Waals surface area contributed by atoms with Crippen molar-refractivity contribution in [1.29, 1.82) is 0 Å². The summed E-state index contributed by atoms with van der Waals surface area (Å²) in [5, 5.41) is 5.31. The van der Waals surface area contributed by atoms with E-state index in [0.29, 0.717) is 12.8 Å². The normalized spacial score (nSPS) is 19.5. The highest BCUT2D eigenvalue weighted by atomic mass is 16.2. The minimum absolute atomic E-state index is 0.225. The molecule has 2 heterocycles. The van der Waals surface area contributed by atoms with E-state index in [9.17, 15) is 9.59 Å². The standard InChI is InChI=1S/C16H16N6O2/c23-13(21-15-17-7-3-8-18-15)11-5-1-2-6-12(11)14(24)22-16-19-9-4-10-20-16/h1-4,7-12H,5-6H2,(H,17,18,21,23)(H,19,20,22,24)/t11-,12-/m0/s1. The van der Waals surface area contributed by atoms with Gasteiger partial charge in [0.1, 0.15) is 0 Å². The first-order valence-electron chi connectivity index (χ1n) is 7.55. The molecule has 2 amide bonds. The molecule has 122 valence electrons. The van der Waals surface area contributed by atoms with Crippen LogP contribution in [0, 0.1) is 11.8 Å². The Morgan fingerprint density at radius 1 is 0.750 bits per heavy atom. The fourth-order valence-corrected chi connectivity index (χ4v) is 2.53. The van der Waals surface area contributed by atoms with Crippen LogP contribution in [-0.4, -0.2) is 31.8 Å². The second kappa shape index (κ2) is 7.40. The van der Waals surface area contributed by atoms with Gasteiger partial charge in [-0.25, -0.2) is 19.9 Å². The molecule has 0 aliphatic heterocycles. The molecule has 0 saturated carbocycles. The number of amides is 2. The zero-order valence-corrected chi connectivity index (χ0v) is 12.8. The molecular weight excluding hydrogens is 308 g/mol. The third kappa shape index (κ3) is 3.78. The molecule has 0 saturated heterocycles. The van der Waals surface area contributed by atoms with Gasteiger partial charge in [-0.3, -0.25) is 20.2 Å². The minimum atomic E-state index is -0.498. The molecule has 2 N–H and O–H groups in total. The number of hydrogen-bond acceptors (Lipinski definition) is 6. The Morgan fingerprint density at radius 2 is 1.12 bits per heavy atom. The van der Waals surface area contributed by atoms with Crippen LogP contribution < -0.4 is 10.6 Å². The van der Waals surface area contributed by atoms with Crippen LogP contribution in [0.15, 0.2) is 49.1 Å². The van der Waals surface area contributed by atoms with Crippen molar-refractivity contribution in [2.45, 2.75) is 12.8 Å². The molecule has 2 atom stereocenters. The predicted octanol–water partition coefficient (Wildman–Crippen LogP) is 1.43. The number of hydrogen-bond donors (Lipinski definition) is 2. The van der Waals surface area contributed by atoms with Gasteiger partial charge in [0.15, 0.2) is 0 Å². The number of rotatable bonds is 4. The second-order valence-electron chi connectivity index (χ2n) is 5.28. The molecule has 24 heavy (non-hydrogen) atoms. The first kappa shape index (κ1) is 15.7. The van der Waals surface area contributed by atoms with E-state index in [2.05, 4.69) is 30.6 Å². The highest BCUT2D eigenvalue weighted by Gasteiger charge is 2.34. The van der Waals surface area contributed by atoms with Crippen molar-refractivity contribution in [2.24, 2.45) is 11.8 Å². The highest BCUT2D eigenvalue weighted by Crippen LogP contribution is 2.27. The first-order chi connectivity index (χ1) is 11.7. The maximum atomic E-state index is 12.5. The van der Waals surface area contributed by atoms with Gasteiger partial charge >= 0.3 is 0 Å². The molecule has 1 aliphatic rings. The van der Waals surface area contributed by atoms with Crippen molar-refractivity contribution in [3.05, 3.63) is 49.1 Å². The Balaban J connectivity index is 1.70. The molecule has 8 nitrogen and oxygen atoms in total. The smallest absolute Gasteiger partial charge is 0.230 e. The van der Waals surface area contributed by atoms with Gasteiger partial charge in [0.25, 0.3) is 0 Å². The van der Waals surface area contributed by atoms with Gasteiger partial charge in [-0.1, -0.05) is 12.2 Å². The molecule has 3 rings (SSSR count). The van der Waals surface area contributed by atoms with E-state index in [1.54, 1.807) is 36.9 Å². The highest BCUT2D eigenvalue weighted by molar-refractivity contribution is 5.98. The molecule has 2 aromatic rings. The lowest BCUT2D eigenvalue weighted by atomic mass is 9.81. The van der Waals surface area contributed by atoms with Crippen LogP contribution in [0.25, 0.3) is 0 Å². The van der Waals surface area contributed by atoms with Gasteiger partial charge < -0.3 is 0 Å². The molecule has 0 bridgehead atoms. The minimum Gasteiger partial charge on any atom is -0.294 e. The summed E-state index contributed by atoms with van der Waals surface area (Å²) < 4.78 is 0. The van der Waals surface area contributed by atoms with Crippen molar-refractivity contribution in [3.63, 3.8) is 0 Å². The van der Waals surface area contributed by atoms with E-state index >= 15 is 0 Å². The van der Waals surface area contributed by atoms with Crippen molar-refractivity contribution >= 4 is 23.7 Å². The van der Waals surface area contributed by atoms with Crippen molar-refractivity contribution in [3.8, 4) is 0 Å². The number of carbonyl (C=O) groups excluding carboxylic acids is 2. The Morgan fingerprint density at radius 3 is 1.50 bits per heavy atom. The SMILES string of the molecule is O=C(Nc1ncccn1)[C@H]1CC=CC[C@@H]1C(=O)Nc1ncccn1. The van der Waals surface area contributed by atoms with Gasteiger partial charge in [0.05, 0.1) is 11.8 Å². The molecule has 1 aliphatic carbocycles. The summed E-state index contributed by atoms with van der Waals surface area (Å²) in [7, 11) is 0. The lowest BCUT2D eigenvalue weighted by molar-refractivity contribution is -0.129.